The molecule has 3 atom stereocenters. The van der Waals surface area contributed by atoms with Gasteiger partial charge >= 0.3 is 0 Å². The van der Waals surface area contributed by atoms with Crippen LogP contribution in [0, 0.1) is 0 Å². The Hall–Kier alpha value is -2.70. The van der Waals surface area contributed by atoms with Crippen LogP contribution in [0.5, 0.6) is 0 Å². The van der Waals surface area contributed by atoms with Crippen LogP contribution in [-0.4, -0.2) is 42.1 Å². The molecule has 1 amide bonds. The molecule has 1 saturated heterocycles. The monoisotopic (exact) mass is 408 g/mol. The van der Waals surface area contributed by atoms with E-state index in [4.69, 9.17) is 4.74 Å². The fourth-order valence-corrected chi connectivity index (χ4v) is 4.15. The second kappa shape index (κ2) is 9.41. The maximum Gasteiger partial charge on any atom is 0.287 e. The molecule has 0 spiro atoms. The Kier molecular flexibility index (Phi) is 6.45. The molecule has 3 N–H and O–H groups in total. The predicted molar refractivity (Wildman–Crippen MR) is 114 cm³/mol. The van der Waals surface area contributed by atoms with E-state index in [-0.39, 0.29) is 24.3 Å². The van der Waals surface area contributed by atoms with Crippen LogP contribution in [0.3, 0.4) is 0 Å². The Labute approximate surface area is 176 Å². The Morgan fingerprint density at radius 2 is 1.93 bits per heavy atom. The SMILES string of the molecule is O=C(CCCc1ccc2c(c1)[C@@H]1C[C@H](N2)[C@H](O)CO1)C(=O)NCCc1ccccc1. The van der Waals surface area contributed by atoms with Crippen LogP contribution in [0.25, 0.3) is 0 Å². The van der Waals surface area contributed by atoms with Crippen molar-refractivity contribution in [3.05, 3.63) is 65.2 Å². The lowest BCUT2D eigenvalue weighted by Gasteiger charge is -2.40. The topological polar surface area (TPSA) is 87.7 Å². The second-order valence-corrected chi connectivity index (χ2v) is 8.07. The highest BCUT2D eigenvalue weighted by molar-refractivity contribution is 6.36. The first-order valence-electron chi connectivity index (χ1n) is 10.6. The summed E-state index contributed by atoms with van der Waals surface area (Å²) in [6.07, 6.45) is 2.61. The third kappa shape index (κ3) is 4.89. The van der Waals surface area contributed by atoms with E-state index >= 15 is 0 Å². The van der Waals surface area contributed by atoms with Crippen LogP contribution in [-0.2, 0) is 27.2 Å². The summed E-state index contributed by atoms with van der Waals surface area (Å²) in [6, 6.07) is 16.1. The number of hydrogen-bond acceptors (Lipinski definition) is 5. The molecule has 2 heterocycles. The third-order valence-electron chi connectivity index (χ3n) is 5.87. The number of nitrogens with one attached hydrogen (secondary N) is 2. The van der Waals surface area contributed by atoms with E-state index in [0.717, 1.165) is 35.2 Å². The van der Waals surface area contributed by atoms with Gasteiger partial charge in [-0.1, -0.05) is 42.5 Å². The number of rotatable bonds is 8. The molecule has 2 bridgehead atoms. The summed E-state index contributed by atoms with van der Waals surface area (Å²) in [5.74, 6) is -0.865. The Balaban J connectivity index is 1.22. The predicted octanol–water partition coefficient (Wildman–Crippen LogP) is 2.55. The number of aryl methyl sites for hydroxylation is 1. The molecule has 0 saturated carbocycles. The van der Waals surface area contributed by atoms with Gasteiger partial charge in [-0.15, -0.1) is 0 Å². The summed E-state index contributed by atoms with van der Waals surface area (Å²) in [5.41, 5.74) is 4.38. The summed E-state index contributed by atoms with van der Waals surface area (Å²) in [7, 11) is 0. The molecule has 2 aromatic rings. The van der Waals surface area contributed by atoms with Crippen LogP contribution >= 0.6 is 0 Å². The molecule has 2 aliphatic heterocycles. The van der Waals surface area contributed by atoms with Crippen LogP contribution in [0.1, 0.15) is 42.1 Å². The summed E-state index contributed by atoms with van der Waals surface area (Å²) in [4.78, 5) is 24.1. The Bertz CT molecular complexity index is 899. The van der Waals surface area contributed by atoms with Crippen molar-refractivity contribution < 1.29 is 19.4 Å². The molecule has 0 unspecified atom stereocenters. The van der Waals surface area contributed by atoms with Gasteiger partial charge < -0.3 is 20.5 Å². The van der Waals surface area contributed by atoms with Crippen LogP contribution in [0.4, 0.5) is 5.69 Å². The number of Topliss-reactive ketones (excluding diaryl/α,β-unsaturated/α-hetero) is 1. The van der Waals surface area contributed by atoms with Crippen molar-refractivity contribution in [3.8, 4) is 0 Å². The van der Waals surface area contributed by atoms with E-state index in [2.05, 4.69) is 16.7 Å². The molecule has 4 rings (SSSR count). The van der Waals surface area contributed by atoms with Gasteiger partial charge in [0.25, 0.3) is 5.91 Å². The number of aliphatic hydroxyl groups is 1. The van der Waals surface area contributed by atoms with E-state index in [1.54, 1.807) is 0 Å². The quantitative estimate of drug-likeness (QED) is 0.585. The maximum atomic E-state index is 12.1. The van der Waals surface area contributed by atoms with E-state index in [1.807, 2.05) is 42.5 Å². The molecule has 2 aliphatic rings. The molecule has 6 heteroatoms. The van der Waals surface area contributed by atoms with Crippen molar-refractivity contribution in [3.63, 3.8) is 0 Å². The van der Waals surface area contributed by atoms with Gasteiger partial charge in [0.05, 0.1) is 24.9 Å². The first kappa shape index (κ1) is 20.6. The van der Waals surface area contributed by atoms with Gasteiger partial charge in [0.2, 0.25) is 5.78 Å². The average molecular weight is 408 g/mol. The van der Waals surface area contributed by atoms with Crippen molar-refractivity contribution in [1.29, 1.82) is 0 Å². The molecular formula is C24H28N2O4. The zero-order valence-corrected chi connectivity index (χ0v) is 17.0. The number of carbonyl (C=O) groups excluding carboxylic acids is 2. The first-order valence-corrected chi connectivity index (χ1v) is 10.6. The van der Waals surface area contributed by atoms with E-state index < -0.39 is 12.0 Å². The van der Waals surface area contributed by atoms with Crippen molar-refractivity contribution >= 4 is 17.4 Å². The number of carbonyl (C=O) groups is 2. The summed E-state index contributed by atoms with van der Waals surface area (Å²) >= 11 is 0. The summed E-state index contributed by atoms with van der Waals surface area (Å²) in [5, 5.41) is 16.1. The number of ketones is 1. The van der Waals surface area contributed by atoms with E-state index in [1.165, 1.54) is 0 Å². The number of fused-ring (bicyclic) bond motifs is 4. The number of anilines is 1. The van der Waals surface area contributed by atoms with Crippen LogP contribution < -0.4 is 10.6 Å². The van der Waals surface area contributed by atoms with Gasteiger partial charge in [-0.3, -0.25) is 9.59 Å². The number of ether oxygens (including phenoxy) is 1. The third-order valence-corrected chi connectivity index (χ3v) is 5.87. The van der Waals surface area contributed by atoms with Crippen LogP contribution in [0.2, 0.25) is 0 Å². The normalized spacial score (nSPS) is 22.0. The zero-order valence-electron chi connectivity index (χ0n) is 17.0. The number of amides is 1. The smallest absolute Gasteiger partial charge is 0.287 e. The fraction of sp³-hybridized carbons (Fsp3) is 0.417. The lowest BCUT2D eigenvalue weighted by atomic mass is 9.88. The minimum Gasteiger partial charge on any atom is -0.389 e. The molecule has 158 valence electrons. The minimum atomic E-state index is -0.499. The molecule has 2 aromatic carbocycles. The Morgan fingerprint density at radius 1 is 1.10 bits per heavy atom. The van der Waals surface area contributed by atoms with Crippen molar-refractivity contribution in [2.24, 2.45) is 0 Å². The highest BCUT2D eigenvalue weighted by atomic mass is 16.5. The van der Waals surface area contributed by atoms with Crippen molar-refractivity contribution in [2.45, 2.75) is 50.4 Å². The fourth-order valence-electron chi connectivity index (χ4n) is 4.15. The van der Waals surface area contributed by atoms with Gasteiger partial charge in [-0.2, -0.15) is 0 Å². The molecule has 30 heavy (non-hydrogen) atoms. The number of hydrogen-bond donors (Lipinski definition) is 3. The highest BCUT2D eigenvalue weighted by Gasteiger charge is 2.36. The lowest BCUT2D eigenvalue weighted by molar-refractivity contribution is -0.137. The van der Waals surface area contributed by atoms with Crippen molar-refractivity contribution in [2.75, 3.05) is 18.5 Å². The highest BCUT2D eigenvalue weighted by Crippen LogP contribution is 2.39. The zero-order chi connectivity index (χ0) is 20.9. The van der Waals surface area contributed by atoms with Crippen molar-refractivity contribution in [1.82, 2.24) is 5.32 Å². The standard InChI is InChI=1S/C24H28N2O4/c27-21(24(29)25-12-11-16-5-2-1-3-6-16)8-4-7-17-9-10-19-18(13-17)23-14-20(26-19)22(28)15-30-23/h1-3,5-6,9-10,13,20,22-23,26,28H,4,7-8,11-12,14-15H2,(H,25,29)/t20-,22+,23-/m0/s1. The van der Waals surface area contributed by atoms with Crippen LogP contribution in [0.15, 0.2) is 48.5 Å². The largest absolute Gasteiger partial charge is 0.389 e. The first-order chi connectivity index (χ1) is 14.6. The van der Waals surface area contributed by atoms with Gasteiger partial charge in [-0.25, -0.2) is 0 Å². The Morgan fingerprint density at radius 3 is 2.77 bits per heavy atom. The number of aliphatic hydroxyl groups excluding tert-OH is 1. The molecule has 0 radical (unpaired) electrons. The average Bonchev–Trinajstić information content (AvgIpc) is 2.77. The molecule has 0 aliphatic carbocycles. The van der Waals surface area contributed by atoms with E-state index in [9.17, 15) is 14.7 Å². The molecule has 1 fully saturated rings. The lowest BCUT2D eigenvalue weighted by Crippen LogP contribution is -2.45. The molecular weight excluding hydrogens is 380 g/mol. The van der Waals surface area contributed by atoms with Gasteiger partial charge in [0.1, 0.15) is 0 Å². The van der Waals surface area contributed by atoms with Gasteiger partial charge in [-0.05, 0) is 36.5 Å². The molecule has 6 nitrogen and oxygen atoms in total. The second-order valence-electron chi connectivity index (χ2n) is 8.07. The van der Waals surface area contributed by atoms with Gasteiger partial charge in [0, 0.05) is 30.6 Å². The van der Waals surface area contributed by atoms with E-state index in [0.29, 0.717) is 26.0 Å². The summed E-state index contributed by atoms with van der Waals surface area (Å²) < 4.78 is 5.79. The maximum absolute atomic E-state index is 12.1. The van der Waals surface area contributed by atoms with Gasteiger partial charge in [0.15, 0.2) is 0 Å². The molecule has 0 aromatic heterocycles. The summed E-state index contributed by atoms with van der Waals surface area (Å²) in [6.45, 7) is 0.809. The minimum absolute atomic E-state index is 0.00613. The number of benzene rings is 2.